The number of aromatic nitrogens is 2. The summed E-state index contributed by atoms with van der Waals surface area (Å²) in [5.41, 5.74) is 3.73. The number of anilines is 1. The predicted octanol–water partition coefficient (Wildman–Crippen LogP) is 5.50. The smallest absolute Gasteiger partial charge is 0.414 e. The van der Waals surface area contributed by atoms with Crippen molar-refractivity contribution in [3.63, 3.8) is 0 Å². The van der Waals surface area contributed by atoms with Crippen LogP contribution in [0.25, 0.3) is 11.0 Å². The Morgan fingerprint density at radius 1 is 1.16 bits per heavy atom. The summed E-state index contributed by atoms with van der Waals surface area (Å²) in [7, 11) is 2.90. The molecule has 0 saturated heterocycles. The van der Waals surface area contributed by atoms with Gasteiger partial charge in [-0.3, -0.25) is 9.69 Å². The van der Waals surface area contributed by atoms with E-state index < -0.39 is 24.1 Å². The number of halogens is 1. The lowest BCUT2D eigenvalue weighted by atomic mass is 9.85. The van der Waals surface area contributed by atoms with Crippen molar-refractivity contribution in [1.82, 2.24) is 9.55 Å². The van der Waals surface area contributed by atoms with Crippen LogP contribution in [0.4, 0.5) is 10.5 Å². The van der Waals surface area contributed by atoms with Crippen LogP contribution in [0.15, 0.2) is 30.3 Å². The van der Waals surface area contributed by atoms with Gasteiger partial charge < -0.3 is 24.3 Å². The van der Waals surface area contributed by atoms with Crippen molar-refractivity contribution in [3.05, 3.63) is 52.3 Å². The number of nitrogens with zero attached hydrogens (tertiary/aromatic N) is 3. The van der Waals surface area contributed by atoms with Gasteiger partial charge in [-0.25, -0.2) is 9.78 Å². The number of hydrogen-bond acceptors (Lipinski definition) is 6. The second-order valence-electron chi connectivity index (χ2n) is 10.2. The summed E-state index contributed by atoms with van der Waals surface area (Å²) in [4.78, 5) is 31.1. The first-order valence-corrected chi connectivity index (χ1v) is 13.3. The van der Waals surface area contributed by atoms with Crippen molar-refractivity contribution in [2.45, 2.75) is 63.6 Å². The van der Waals surface area contributed by atoms with Crippen molar-refractivity contribution in [1.29, 1.82) is 0 Å². The number of carbonyl (C=O) groups excluding carboxylic acids is 1. The van der Waals surface area contributed by atoms with Gasteiger partial charge in [0.2, 0.25) is 0 Å². The van der Waals surface area contributed by atoms with Crippen LogP contribution in [0.5, 0.6) is 5.75 Å². The second kappa shape index (κ2) is 10.5. The van der Waals surface area contributed by atoms with Crippen LogP contribution in [0.2, 0.25) is 5.02 Å². The highest BCUT2D eigenvalue weighted by Crippen LogP contribution is 2.42. The number of fused-ring (bicyclic) bond motifs is 3. The number of rotatable bonds is 5. The van der Waals surface area contributed by atoms with Crippen molar-refractivity contribution >= 4 is 40.4 Å². The van der Waals surface area contributed by atoms with Crippen LogP contribution < -0.4 is 9.64 Å². The molecule has 9 nitrogen and oxygen atoms in total. The van der Waals surface area contributed by atoms with E-state index in [1.807, 2.05) is 23.6 Å². The van der Waals surface area contributed by atoms with Gasteiger partial charge in [0.25, 0.3) is 0 Å². The van der Waals surface area contributed by atoms with Gasteiger partial charge in [0, 0.05) is 17.6 Å². The predicted molar refractivity (Wildman–Crippen MR) is 143 cm³/mol. The summed E-state index contributed by atoms with van der Waals surface area (Å²) in [6.07, 6.45) is 2.55. The lowest BCUT2D eigenvalue weighted by Gasteiger charge is -2.34. The zero-order valence-corrected chi connectivity index (χ0v) is 22.4. The summed E-state index contributed by atoms with van der Waals surface area (Å²) in [5.74, 6) is -0.337. The zero-order chi connectivity index (χ0) is 27.1. The fourth-order valence-corrected chi connectivity index (χ4v) is 6.26. The highest BCUT2D eigenvalue weighted by atomic mass is 35.5. The van der Waals surface area contributed by atoms with Crippen LogP contribution in [0.3, 0.4) is 0 Å². The molecule has 202 valence electrons. The quantitative estimate of drug-likeness (QED) is 0.438. The maximum absolute atomic E-state index is 12.6. The molecule has 1 aromatic heterocycles. The number of carbonyl (C=O) groups is 2. The molecule has 2 heterocycles. The van der Waals surface area contributed by atoms with E-state index in [9.17, 15) is 19.8 Å². The van der Waals surface area contributed by atoms with E-state index in [-0.39, 0.29) is 12.1 Å². The molecular weight excluding hydrogens is 510 g/mol. The van der Waals surface area contributed by atoms with E-state index >= 15 is 0 Å². The number of hydrogen-bond donors (Lipinski definition) is 2. The van der Waals surface area contributed by atoms with Gasteiger partial charge >= 0.3 is 12.1 Å². The molecule has 1 aliphatic carbocycles. The molecule has 0 radical (unpaired) electrons. The first kappa shape index (κ1) is 26.3. The molecule has 2 aromatic carbocycles. The molecule has 1 fully saturated rings. The normalized spacial score (nSPS) is 22.1. The summed E-state index contributed by atoms with van der Waals surface area (Å²) in [6, 6.07) is 8.74. The fraction of sp³-hybridized carbons (Fsp3) is 0.464. The van der Waals surface area contributed by atoms with E-state index in [1.54, 1.807) is 23.1 Å². The molecule has 3 aromatic rings. The Morgan fingerprint density at radius 2 is 1.95 bits per heavy atom. The molecule has 1 aliphatic heterocycles. The first-order chi connectivity index (χ1) is 18.2. The summed E-state index contributed by atoms with van der Waals surface area (Å²) in [5, 5.41) is 21.7. The largest absolute Gasteiger partial charge is 0.495 e. The Labute approximate surface area is 225 Å². The number of aliphatic carboxylic acids is 1. The molecule has 1 amide bonds. The summed E-state index contributed by atoms with van der Waals surface area (Å²) in [6.45, 7) is 1.99. The van der Waals surface area contributed by atoms with Gasteiger partial charge in [0.1, 0.15) is 17.7 Å². The molecule has 4 atom stereocenters. The molecular formula is C28H32ClN3O6. The highest BCUT2D eigenvalue weighted by molar-refractivity contribution is 6.32. The van der Waals surface area contributed by atoms with Crippen molar-refractivity contribution in [3.8, 4) is 5.75 Å². The lowest BCUT2D eigenvalue weighted by molar-refractivity contribution is -0.143. The number of aliphatic hydroxyl groups excluding tert-OH is 1. The Hall–Kier alpha value is -3.30. The first-order valence-electron chi connectivity index (χ1n) is 12.9. The van der Waals surface area contributed by atoms with Gasteiger partial charge in [0.05, 0.1) is 41.9 Å². The Bertz CT molecular complexity index is 1390. The number of carboxylic acid groups (broad SMARTS) is 1. The average Bonchev–Trinajstić information content (AvgIpc) is 3.32. The second-order valence-corrected chi connectivity index (χ2v) is 10.6. The van der Waals surface area contributed by atoms with Crippen molar-refractivity contribution < 1.29 is 29.3 Å². The zero-order valence-electron chi connectivity index (χ0n) is 21.7. The van der Waals surface area contributed by atoms with Gasteiger partial charge in [0.15, 0.2) is 0 Å². The minimum absolute atomic E-state index is 0.0318. The van der Waals surface area contributed by atoms with Crippen LogP contribution in [-0.2, 0) is 16.0 Å². The standard InChI is InChI=1S/C28H32ClN3O6/c1-15-7-9-19-21(31(15)28(36)38-3)10-11-22-24(19)30-26(25(33)16-8-12-23(37-2)20(29)14-16)32(22)18-6-4-5-17(13-18)27(34)35/h8,10-12,14-15,17-18,25,33H,4-7,9,13H2,1-3H3,(H,34,35)/t15-,17+,18+,25-/m0/s1. The molecule has 0 spiro atoms. The number of amides is 1. The van der Waals surface area contributed by atoms with Crippen molar-refractivity contribution in [2.75, 3.05) is 19.1 Å². The van der Waals surface area contributed by atoms with Crippen molar-refractivity contribution in [2.24, 2.45) is 5.92 Å². The number of carboxylic acids is 1. The van der Waals surface area contributed by atoms with Gasteiger partial charge in [-0.1, -0.05) is 24.1 Å². The minimum Gasteiger partial charge on any atom is -0.495 e. The van der Waals surface area contributed by atoms with Gasteiger partial charge in [-0.2, -0.15) is 0 Å². The third-order valence-corrected chi connectivity index (χ3v) is 8.25. The topological polar surface area (TPSA) is 114 Å². The third kappa shape index (κ3) is 4.47. The molecule has 0 unspecified atom stereocenters. The number of aliphatic hydroxyl groups is 1. The Kier molecular flexibility index (Phi) is 7.24. The summed E-state index contributed by atoms with van der Waals surface area (Å²) >= 11 is 6.37. The molecule has 10 heteroatoms. The average molecular weight is 542 g/mol. The van der Waals surface area contributed by atoms with E-state index in [0.29, 0.717) is 46.9 Å². The van der Waals surface area contributed by atoms with E-state index in [4.69, 9.17) is 26.1 Å². The molecule has 1 saturated carbocycles. The fourth-order valence-electron chi connectivity index (χ4n) is 5.99. The van der Waals surface area contributed by atoms with E-state index in [0.717, 1.165) is 36.0 Å². The van der Waals surface area contributed by atoms with Crippen LogP contribution in [-0.4, -0.2) is 52.1 Å². The molecule has 0 bridgehead atoms. The maximum Gasteiger partial charge on any atom is 0.414 e. The molecule has 38 heavy (non-hydrogen) atoms. The van der Waals surface area contributed by atoms with E-state index in [2.05, 4.69) is 0 Å². The van der Waals surface area contributed by atoms with E-state index in [1.165, 1.54) is 14.2 Å². The lowest BCUT2D eigenvalue weighted by Crippen LogP contribution is -2.42. The number of benzene rings is 2. The van der Waals surface area contributed by atoms with Crippen LogP contribution in [0, 0.1) is 5.92 Å². The minimum atomic E-state index is -1.11. The number of aryl methyl sites for hydroxylation is 1. The van der Waals surface area contributed by atoms with Gasteiger partial charge in [-0.05, 0) is 68.9 Å². The van der Waals surface area contributed by atoms with Crippen LogP contribution >= 0.6 is 11.6 Å². The number of imidazole rings is 1. The summed E-state index contributed by atoms with van der Waals surface area (Å²) < 4.78 is 12.3. The Morgan fingerprint density at radius 3 is 2.63 bits per heavy atom. The third-order valence-electron chi connectivity index (χ3n) is 7.95. The monoisotopic (exact) mass is 541 g/mol. The number of ether oxygens (including phenoxy) is 2. The molecule has 2 N–H and O–H groups in total. The number of methoxy groups -OCH3 is 2. The molecule has 5 rings (SSSR count). The SMILES string of the molecule is COC(=O)N1c2ccc3c(nc([C@@H](O)c4ccc(OC)c(Cl)c4)n3[C@@H]3CCC[C@@H](C(=O)O)C3)c2CC[C@@H]1C. The molecule has 2 aliphatic rings. The Balaban J connectivity index is 1.69. The highest BCUT2D eigenvalue weighted by Gasteiger charge is 2.35. The maximum atomic E-state index is 12.6. The van der Waals surface area contributed by atoms with Crippen LogP contribution in [0.1, 0.15) is 68.1 Å². The van der Waals surface area contributed by atoms with Gasteiger partial charge in [-0.15, -0.1) is 0 Å².